The maximum Gasteiger partial charge on any atom is 0.226 e. The van der Waals surface area contributed by atoms with Crippen LogP contribution in [0.1, 0.15) is 64.4 Å². The zero-order valence-electron chi connectivity index (χ0n) is 15.0. The number of amides is 2. The SMILES string of the molecule is CCc1ccc(NC(=O)CCN(C(C)=O)C2CCCCCC2)cc1. The highest BCUT2D eigenvalue weighted by atomic mass is 16.2. The molecule has 1 aromatic rings. The van der Waals surface area contributed by atoms with E-state index in [0.29, 0.717) is 19.0 Å². The van der Waals surface area contributed by atoms with E-state index in [1.54, 1.807) is 6.92 Å². The predicted octanol–water partition coefficient (Wildman–Crippen LogP) is 4.15. The van der Waals surface area contributed by atoms with Gasteiger partial charge in [-0.2, -0.15) is 0 Å². The van der Waals surface area contributed by atoms with Crippen LogP contribution in [0.4, 0.5) is 5.69 Å². The molecule has 1 fully saturated rings. The third-order valence-electron chi connectivity index (χ3n) is 4.90. The van der Waals surface area contributed by atoms with Gasteiger partial charge in [-0.15, -0.1) is 0 Å². The third kappa shape index (κ3) is 5.66. The lowest BCUT2D eigenvalue weighted by molar-refractivity contribution is -0.131. The molecule has 2 rings (SSSR count). The maximum absolute atomic E-state index is 12.2. The first kappa shape index (κ1) is 18.5. The Balaban J connectivity index is 1.85. The molecule has 0 saturated heterocycles. The number of rotatable bonds is 6. The number of hydrogen-bond acceptors (Lipinski definition) is 2. The number of carbonyl (C=O) groups is 2. The molecule has 2 amide bonds. The Labute approximate surface area is 145 Å². The number of nitrogens with zero attached hydrogens (tertiary/aromatic N) is 1. The van der Waals surface area contributed by atoms with E-state index in [4.69, 9.17) is 0 Å². The molecule has 1 aliphatic carbocycles. The molecule has 0 unspecified atom stereocenters. The van der Waals surface area contributed by atoms with Gasteiger partial charge in [0.15, 0.2) is 0 Å². The third-order valence-corrected chi connectivity index (χ3v) is 4.90. The Bertz CT molecular complexity index is 531. The van der Waals surface area contributed by atoms with E-state index >= 15 is 0 Å². The Morgan fingerprint density at radius 3 is 2.25 bits per heavy atom. The fourth-order valence-corrected chi connectivity index (χ4v) is 3.44. The summed E-state index contributed by atoms with van der Waals surface area (Å²) in [6, 6.07) is 8.24. The minimum absolute atomic E-state index is 0.0286. The Morgan fingerprint density at radius 2 is 1.71 bits per heavy atom. The lowest BCUT2D eigenvalue weighted by Crippen LogP contribution is -2.40. The van der Waals surface area contributed by atoms with E-state index in [1.165, 1.54) is 31.2 Å². The molecular formula is C20H30N2O2. The number of carbonyl (C=O) groups excluding carboxylic acids is 2. The summed E-state index contributed by atoms with van der Waals surface area (Å²) in [4.78, 5) is 26.1. The van der Waals surface area contributed by atoms with Crippen molar-refractivity contribution in [2.45, 2.75) is 71.3 Å². The standard InChI is InChI=1S/C20H30N2O2/c1-3-17-10-12-18(13-11-17)21-20(24)14-15-22(16(2)23)19-8-6-4-5-7-9-19/h10-13,19H,3-9,14-15H2,1-2H3,(H,21,24). The highest BCUT2D eigenvalue weighted by molar-refractivity contribution is 5.91. The second-order valence-corrected chi connectivity index (χ2v) is 6.71. The van der Waals surface area contributed by atoms with Crippen molar-refractivity contribution in [3.63, 3.8) is 0 Å². The summed E-state index contributed by atoms with van der Waals surface area (Å²) in [5.74, 6) is 0.0566. The number of nitrogens with one attached hydrogen (secondary N) is 1. The smallest absolute Gasteiger partial charge is 0.226 e. The molecule has 0 bridgehead atoms. The molecule has 1 aliphatic rings. The summed E-state index contributed by atoms with van der Waals surface area (Å²) < 4.78 is 0. The van der Waals surface area contributed by atoms with Crippen molar-refractivity contribution in [3.8, 4) is 0 Å². The normalized spacial score (nSPS) is 15.6. The summed E-state index contributed by atoms with van der Waals surface area (Å²) in [6.45, 7) is 4.24. The van der Waals surface area contributed by atoms with Crippen molar-refractivity contribution in [2.24, 2.45) is 0 Å². The van der Waals surface area contributed by atoms with Gasteiger partial charge < -0.3 is 10.2 Å². The molecule has 132 valence electrons. The average Bonchev–Trinajstić information content (AvgIpc) is 2.85. The van der Waals surface area contributed by atoms with Gasteiger partial charge in [-0.3, -0.25) is 9.59 Å². The van der Waals surface area contributed by atoms with Crippen LogP contribution in [-0.4, -0.2) is 29.3 Å². The number of benzene rings is 1. The van der Waals surface area contributed by atoms with Crippen LogP contribution in [0.15, 0.2) is 24.3 Å². The summed E-state index contributed by atoms with van der Waals surface area (Å²) in [6.07, 6.45) is 8.37. The highest BCUT2D eigenvalue weighted by Gasteiger charge is 2.22. The maximum atomic E-state index is 12.2. The summed E-state index contributed by atoms with van der Waals surface area (Å²) >= 11 is 0. The number of aryl methyl sites for hydroxylation is 1. The van der Waals surface area contributed by atoms with Crippen LogP contribution >= 0.6 is 0 Å². The summed E-state index contributed by atoms with van der Waals surface area (Å²) in [7, 11) is 0. The zero-order valence-corrected chi connectivity index (χ0v) is 15.0. The zero-order chi connectivity index (χ0) is 17.4. The van der Waals surface area contributed by atoms with E-state index < -0.39 is 0 Å². The largest absolute Gasteiger partial charge is 0.339 e. The molecule has 1 N–H and O–H groups in total. The second-order valence-electron chi connectivity index (χ2n) is 6.71. The molecular weight excluding hydrogens is 300 g/mol. The number of hydrogen-bond donors (Lipinski definition) is 1. The van der Waals surface area contributed by atoms with Crippen LogP contribution in [0, 0.1) is 0 Å². The second kappa shape index (κ2) is 9.45. The monoisotopic (exact) mass is 330 g/mol. The first-order valence-corrected chi connectivity index (χ1v) is 9.26. The van der Waals surface area contributed by atoms with Gasteiger partial charge in [-0.05, 0) is 37.0 Å². The molecule has 0 aromatic heterocycles. The lowest BCUT2D eigenvalue weighted by atomic mass is 10.1. The van der Waals surface area contributed by atoms with Gasteiger partial charge >= 0.3 is 0 Å². The lowest BCUT2D eigenvalue weighted by Gasteiger charge is -2.30. The van der Waals surface area contributed by atoms with Crippen LogP contribution < -0.4 is 5.32 Å². The van der Waals surface area contributed by atoms with Crippen LogP contribution in [0.5, 0.6) is 0 Å². The molecule has 1 saturated carbocycles. The highest BCUT2D eigenvalue weighted by Crippen LogP contribution is 2.22. The predicted molar refractivity (Wildman–Crippen MR) is 97.9 cm³/mol. The van der Waals surface area contributed by atoms with Gasteiger partial charge in [0.2, 0.25) is 11.8 Å². The van der Waals surface area contributed by atoms with Crippen molar-refractivity contribution >= 4 is 17.5 Å². The molecule has 4 nitrogen and oxygen atoms in total. The first-order valence-electron chi connectivity index (χ1n) is 9.26. The van der Waals surface area contributed by atoms with Gasteiger partial charge in [0.1, 0.15) is 0 Å². The van der Waals surface area contributed by atoms with Gasteiger partial charge in [0.25, 0.3) is 0 Å². The van der Waals surface area contributed by atoms with E-state index in [-0.39, 0.29) is 11.8 Å². The van der Waals surface area contributed by atoms with Gasteiger partial charge in [0, 0.05) is 31.6 Å². The Morgan fingerprint density at radius 1 is 1.08 bits per heavy atom. The topological polar surface area (TPSA) is 49.4 Å². The van der Waals surface area contributed by atoms with Crippen LogP contribution in [0.25, 0.3) is 0 Å². The van der Waals surface area contributed by atoms with Crippen molar-refractivity contribution < 1.29 is 9.59 Å². The molecule has 1 aromatic carbocycles. The summed E-state index contributed by atoms with van der Waals surface area (Å²) in [5.41, 5.74) is 2.07. The van der Waals surface area contributed by atoms with Crippen LogP contribution in [0.3, 0.4) is 0 Å². The van der Waals surface area contributed by atoms with Crippen molar-refractivity contribution in [3.05, 3.63) is 29.8 Å². The van der Waals surface area contributed by atoms with Crippen molar-refractivity contribution in [2.75, 3.05) is 11.9 Å². The van der Waals surface area contributed by atoms with Crippen LogP contribution in [-0.2, 0) is 16.0 Å². The van der Waals surface area contributed by atoms with Crippen LogP contribution in [0.2, 0.25) is 0 Å². The Kier molecular flexibility index (Phi) is 7.29. The first-order chi connectivity index (χ1) is 11.6. The van der Waals surface area contributed by atoms with E-state index in [9.17, 15) is 9.59 Å². The molecule has 0 radical (unpaired) electrons. The van der Waals surface area contributed by atoms with Gasteiger partial charge in [0.05, 0.1) is 0 Å². The van der Waals surface area contributed by atoms with E-state index in [2.05, 4.69) is 12.2 Å². The van der Waals surface area contributed by atoms with Gasteiger partial charge in [-0.25, -0.2) is 0 Å². The van der Waals surface area contributed by atoms with E-state index in [1.807, 2.05) is 29.2 Å². The fourth-order valence-electron chi connectivity index (χ4n) is 3.44. The minimum atomic E-state index is -0.0286. The molecule has 4 heteroatoms. The quantitative estimate of drug-likeness (QED) is 0.797. The van der Waals surface area contributed by atoms with Crippen molar-refractivity contribution in [1.82, 2.24) is 4.90 Å². The average molecular weight is 330 g/mol. The minimum Gasteiger partial charge on any atom is -0.339 e. The molecule has 0 atom stereocenters. The molecule has 24 heavy (non-hydrogen) atoms. The number of anilines is 1. The fraction of sp³-hybridized carbons (Fsp3) is 0.600. The summed E-state index contributed by atoms with van der Waals surface area (Å²) in [5, 5.41) is 2.93. The molecule has 0 aliphatic heterocycles. The van der Waals surface area contributed by atoms with E-state index in [0.717, 1.165) is 24.9 Å². The van der Waals surface area contributed by atoms with Gasteiger partial charge in [-0.1, -0.05) is 44.7 Å². The molecule has 0 heterocycles. The Hall–Kier alpha value is -1.84. The molecule has 0 spiro atoms. The van der Waals surface area contributed by atoms with Crippen molar-refractivity contribution in [1.29, 1.82) is 0 Å².